The average molecular weight is 386 g/mol. The van der Waals surface area contributed by atoms with E-state index in [1.54, 1.807) is 36.4 Å². The van der Waals surface area contributed by atoms with Gasteiger partial charge < -0.3 is 14.7 Å². The van der Waals surface area contributed by atoms with Gasteiger partial charge in [0.25, 0.3) is 11.7 Å². The summed E-state index contributed by atoms with van der Waals surface area (Å²) in [6.45, 7) is 2.43. The number of hydrogen-bond donors (Lipinski definition) is 1. The van der Waals surface area contributed by atoms with Gasteiger partial charge in [0.15, 0.2) is 0 Å². The second kappa shape index (κ2) is 7.94. The number of halogens is 1. The van der Waals surface area contributed by atoms with Gasteiger partial charge in [0.1, 0.15) is 5.76 Å². The molecule has 0 aromatic heterocycles. The Morgan fingerprint density at radius 3 is 2.52 bits per heavy atom. The van der Waals surface area contributed by atoms with Crippen molar-refractivity contribution in [2.75, 3.05) is 20.3 Å². The molecule has 6 heteroatoms. The molecule has 1 aliphatic heterocycles. The highest BCUT2D eigenvalue weighted by molar-refractivity contribution is 6.46. The third-order valence-corrected chi connectivity index (χ3v) is 4.80. The zero-order chi connectivity index (χ0) is 19.6. The predicted molar refractivity (Wildman–Crippen MR) is 104 cm³/mol. The average Bonchev–Trinajstić information content (AvgIpc) is 2.91. The van der Waals surface area contributed by atoms with Crippen LogP contribution < -0.4 is 0 Å². The molecule has 1 aliphatic rings. The summed E-state index contributed by atoms with van der Waals surface area (Å²) >= 11 is 6.12. The monoisotopic (exact) mass is 385 g/mol. The van der Waals surface area contributed by atoms with Crippen LogP contribution in [0.15, 0.2) is 54.1 Å². The van der Waals surface area contributed by atoms with Gasteiger partial charge in [-0.2, -0.15) is 0 Å². The van der Waals surface area contributed by atoms with Gasteiger partial charge in [0.2, 0.25) is 0 Å². The largest absolute Gasteiger partial charge is 0.507 e. The van der Waals surface area contributed by atoms with Crippen molar-refractivity contribution in [3.05, 3.63) is 75.8 Å². The fourth-order valence-corrected chi connectivity index (χ4v) is 3.39. The summed E-state index contributed by atoms with van der Waals surface area (Å²) in [5.41, 5.74) is 2.23. The molecule has 1 atom stereocenters. The van der Waals surface area contributed by atoms with E-state index >= 15 is 0 Å². The SMILES string of the molecule is COCCN1C(=O)C(=O)/C(=C(/O)c2ccc(C)cc2)[C@@H]1c1cccc(Cl)c1. The maximum atomic E-state index is 12.7. The quantitative estimate of drug-likeness (QED) is 0.484. The molecule has 2 aromatic carbocycles. The number of methoxy groups -OCH3 is 1. The number of aliphatic hydroxyl groups is 1. The van der Waals surface area contributed by atoms with Crippen molar-refractivity contribution in [1.82, 2.24) is 4.90 Å². The Bertz CT molecular complexity index is 905. The van der Waals surface area contributed by atoms with E-state index in [1.807, 2.05) is 19.1 Å². The first-order chi connectivity index (χ1) is 12.9. The summed E-state index contributed by atoms with van der Waals surface area (Å²) in [7, 11) is 1.53. The molecule has 1 fully saturated rings. The number of carbonyl (C=O) groups is 2. The lowest BCUT2D eigenvalue weighted by atomic mass is 9.95. The summed E-state index contributed by atoms with van der Waals surface area (Å²) < 4.78 is 5.08. The number of carbonyl (C=O) groups excluding carboxylic acids is 2. The number of Topliss-reactive ketones (excluding diaryl/α,β-unsaturated/α-hetero) is 1. The fraction of sp³-hybridized carbons (Fsp3) is 0.238. The molecule has 0 radical (unpaired) electrons. The van der Waals surface area contributed by atoms with Gasteiger partial charge >= 0.3 is 0 Å². The third kappa shape index (κ3) is 3.75. The van der Waals surface area contributed by atoms with Crippen LogP contribution in [0, 0.1) is 6.92 Å². The minimum absolute atomic E-state index is 0.0576. The molecule has 1 amide bonds. The highest BCUT2D eigenvalue weighted by Gasteiger charge is 2.45. The molecule has 1 N–H and O–H groups in total. The maximum absolute atomic E-state index is 12.7. The number of rotatable bonds is 5. The van der Waals surface area contributed by atoms with Crippen LogP contribution in [-0.2, 0) is 14.3 Å². The lowest BCUT2D eigenvalue weighted by Gasteiger charge is -2.25. The Balaban J connectivity index is 2.16. The van der Waals surface area contributed by atoms with Gasteiger partial charge in [0.05, 0.1) is 18.2 Å². The first kappa shape index (κ1) is 19.1. The van der Waals surface area contributed by atoms with Crippen molar-refractivity contribution < 1.29 is 19.4 Å². The molecule has 3 rings (SSSR count). The van der Waals surface area contributed by atoms with Crippen molar-refractivity contribution in [3.63, 3.8) is 0 Å². The second-order valence-corrected chi connectivity index (χ2v) is 6.84. The minimum Gasteiger partial charge on any atom is -0.507 e. The molecule has 0 spiro atoms. The summed E-state index contributed by atoms with van der Waals surface area (Å²) in [5.74, 6) is -1.57. The van der Waals surface area contributed by atoms with Crippen LogP contribution in [0.4, 0.5) is 0 Å². The molecular formula is C21H20ClNO4. The molecule has 1 heterocycles. The number of aliphatic hydroxyl groups excluding tert-OH is 1. The highest BCUT2D eigenvalue weighted by Crippen LogP contribution is 2.39. The zero-order valence-electron chi connectivity index (χ0n) is 15.1. The number of hydrogen-bond acceptors (Lipinski definition) is 4. The van der Waals surface area contributed by atoms with E-state index in [0.29, 0.717) is 16.1 Å². The standard InChI is InChI=1S/C21H20ClNO4/c1-13-6-8-14(9-7-13)19(24)17-18(15-4-3-5-16(22)12-15)23(10-11-27-2)21(26)20(17)25/h3-9,12,18,24H,10-11H2,1-2H3/b19-17+/t18-/m0/s1. The van der Waals surface area contributed by atoms with Gasteiger partial charge in [-0.05, 0) is 24.6 Å². The normalized spacial score (nSPS) is 18.9. The number of amides is 1. The number of ether oxygens (including phenoxy) is 1. The number of nitrogens with zero attached hydrogens (tertiary/aromatic N) is 1. The predicted octanol–water partition coefficient (Wildman–Crippen LogP) is 3.72. The Labute approximate surface area is 162 Å². The minimum atomic E-state index is -0.722. The lowest BCUT2D eigenvalue weighted by Crippen LogP contribution is -2.32. The van der Waals surface area contributed by atoms with Crippen LogP contribution in [0.2, 0.25) is 5.02 Å². The van der Waals surface area contributed by atoms with E-state index in [0.717, 1.165) is 5.56 Å². The zero-order valence-corrected chi connectivity index (χ0v) is 15.9. The van der Waals surface area contributed by atoms with Crippen molar-refractivity contribution in [2.24, 2.45) is 0 Å². The van der Waals surface area contributed by atoms with Gasteiger partial charge in [0, 0.05) is 24.2 Å². The molecule has 1 saturated heterocycles. The van der Waals surface area contributed by atoms with Crippen LogP contribution in [0.1, 0.15) is 22.7 Å². The first-order valence-electron chi connectivity index (χ1n) is 8.54. The Kier molecular flexibility index (Phi) is 5.63. The summed E-state index contributed by atoms with van der Waals surface area (Å²) in [5, 5.41) is 11.3. The Morgan fingerprint density at radius 1 is 1.19 bits per heavy atom. The van der Waals surface area contributed by atoms with Crippen molar-refractivity contribution in [1.29, 1.82) is 0 Å². The smallest absolute Gasteiger partial charge is 0.295 e. The van der Waals surface area contributed by atoms with Crippen LogP contribution in [0.3, 0.4) is 0 Å². The van der Waals surface area contributed by atoms with Gasteiger partial charge in [-0.3, -0.25) is 9.59 Å². The van der Waals surface area contributed by atoms with Crippen molar-refractivity contribution >= 4 is 29.1 Å². The second-order valence-electron chi connectivity index (χ2n) is 6.41. The van der Waals surface area contributed by atoms with E-state index in [4.69, 9.17) is 16.3 Å². The van der Waals surface area contributed by atoms with E-state index in [1.165, 1.54) is 12.0 Å². The fourth-order valence-electron chi connectivity index (χ4n) is 3.19. The summed E-state index contributed by atoms with van der Waals surface area (Å²) in [4.78, 5) is 26.8. The van der Waals surface area contributed by atoms with Crippen LogP contribution in [0.25, 0.3) is 5.76 Å². The molecule has 0 bridgehead atoms. The van der Waals surface area contributed by atoms with E-state index in [-0.39, 0.29) is 24.5 Å². The first-order valence-corrected chi connectivity index (χ1v) is 8.91. The topological polar surface area (TPSA) is 66.8 Å². The van der Waals surface area contributed by atoms with Crippen LogP contribution in [-0.4, -0.2) is 42.0 Å². The maximum Gasteiger partial charge on any atom is 0.295 e. The van der Waals surface area contributed by atoms with Gasteiger partial charge in [-0.15, -0.1) is 0 Å². The molecule has 0 unspecified atom stereocenters. The molecule has 140 valence electrons. The van der Waals surface area contributed by atoms with Crippen molar-refractivity contribution in [2.45, 2.75) is 13.0 Å². The third-order valence-electron chi connectivity index (χ3n) is 4.57. The molecule has 2 aromatic rings. The number of aryl methyl sites for hydroxylation is 1. The van der Waals surface area contributed by atoms with E-state index < -0.39 is 17.7 Å². The number of benzene rings is 2. The number of likely N-dealkylation sites (tertiary alicyclic amines) is 1. The molecule has 0 saturated carbocycles. The Morgan fingerprint density at radius 2 is 1.89 bits per heavy atom. The van der Waals surface area contributed by atoms with Crippen LogP contribution in [0.5, 0.6) is 0 Å². The summed E-state index contributed by atoms with van der Waals surface area (Å²) in [6, 6.07) is 13.3. The molecule has 5 nitrogen and oxygen atoms in total. The van der Waals surface area contributed by atoms with Crippen molar-refractivity contribution in [3.8, 4) is 0 Å². The van der Waals surface area contributed by atoms with E-state index in [2.05, 4.69) is 0 Å². The lowest BCUT2D eigenvalue weighted by molar-refractivity contribution is -0.140. The molecule has 0 aliphatic carbocycles. The highest BCUT2D eigenvalue weighted by atomic mass is 35.5. The molecular weight excluding hydrogens is 366 g/mol. The molecule has 27 heavy (non-hydrogen) atoms. The van der Waals surface area contributed by atoms with Gasteiger partial charge in [-0.25, -0.2) is 0 Å². The number of ketones is 1. The van der Waals surface area contributed by atoms with Gasteiger partial charge in [-0.1, -0.05) is 53.6 Å². The van der Waals surface area contributed by atoms with Crippen LogP contribution >= 0.6 is 11.6 Å². The van der Waals surface area contributed by atoms with E-state index in [9.17, 15) is 14.7 Å². The Hall–Kier alpha value is -2.63. The summed E-state index contributed by atoms with van der Waals surface area (Å²) in [6.07, 6.45) is 0.